The Morgan fingerprint density at radius 1 is 1.05 bits per heavy atom. The average molecular weight is 566 g/mol. The van der Waals surface area contributed by atoms with Gasteiger partial charge in [-0.2, -0.15) is 13.2 Å². The predicted octanol–water partition coefficient (Wildman–Crippen LogP) is 4.99. The molecule has 1 spiro atoms. The van der Waals surface area contributed by atoms with Crippen molar-refractivity contribution in [2.24, 2.45) is 11.3 Å². The van der Waals surface area contributed by atoms with E-state index >= 15 is 0 Å². The number of likely N-dealkylation sites (tertiary alicyclic amines) is 2. The molecule has 2 aliphatic heterocycles. The number of amides is 3. The molecule has 216 valence electrons. The summed E-state index contributed by atoms with van der Waals surface area (Å²) < 4.78 is 67.2. The van der Waals surface area contributed by atoms with Crippen LogP contribution in [0.4, 0.5) is 22.0 Å². The van der Waals surface area contributed by atoms with E-state index in [2.05, 4.69) is 5.32 Å². The smallest absolute Gasteiger partial charge is 0.342 e. The van der Waals surface area contributed by atoms with Gasteiger partial charge in [-0.05, 0) is 61.6 Å². The van der Waals surface area contributed by atoms with Gasteiger partial charge >= 0.3 is 6.18 Å². The third-order valence-electron chi connectivity index (χ3n) is 8.16. The first kappa shape index (κ1) is 29.5. The van der Waals surface area contributed by atoms with E-state index in [0.717, 1.165) is 5.56 Å². The maximum atomic E-state index is 14.3. The van der Waals surface area contributed by atoms with E-state index in [1.165, 1.54) is 17.0 Å². The predicted molar refractivity (Wildman–Crippen MR) is 137 cm³/mol. The standard InChI is InChI=1S/C29H32F5N3O3/c1-4-36-16-22(18-5-8-20(30)9-6-18)28(27(36)40)11-13-37(14-12-28)26(39)24(17(2)3)35-25(38)21-15-19(29(32,33)34)7-10-23(21)31/h5-10,15,17,22,24H,4,11-14,16H2,1-3H3,(H,35,38)/t22?,24-/m1/s1. The maximum absolute atomic E-state index is 14.3. The van der Waals surface area contributed by atoms with Crippen LogP contribution in [0, 0.1) is 23.0 Å². The third kappa shape index (κ3) is 5.55. The first-order valence-electron chi connectivity index (χ1n) is 13.3. The summed E-state index contributed by atoms with van der Waals surface area (Å²) >= 11 is 0. The molecule has 2 saturated heterocycles. The molecule has 40 heavy (non-hydrogen) atoms. The molecule has 0 aromatic heterocycles. The van der Waals surface area contributed by atoms with Crippen LogP contribution in [0.3, 0.4) is 0 Å². The van der Waals surface area contributed by atoms with Crippen molar-refractivity contribution in [3.05, 3.63) is 70.8 Å². The minimum absolute atomic E-state index is 0.00911. The van der Waals surface area contributed by atoms with Crippen LogP contribution < -0.4 is 5.32 Å². The number of piperidine rings is 1. The number of benzene rings is 2. The second-order valence-corrected chi connectivity index (χ2v) is 10.8. The highest BCUT2D eigenvalue weighted by molar-refractivity contribution is 5.98. The second kappa shape index (κ2) is 11.2. The molecular formula is C29H32F5N3O3. The molecule has 3 amide bonds. The first-order chi connectivity index (χ1) is 18.8. The van der Waals surface area contributed by atoms with Gasteiger partial charge in [-0.25, -0.2) is 8.78 Å². The summed E-state index contributed by atoms with van der Waals surface area (Å²) in [5.74, 6) is -3.72. The third-order valence-corrected chi connectivity index (χ3v) is 8.16. The molecule has 11 heteroatoms. The number of hydrogen-bond acceptors (Lipinski definition) is 3. The number of nitrogens with one attached hydrogen (secondary N) is 1. The zero-order valence-electron chi connectivity index (χ0n) is 22.5. The fraction of sp³-hybridized carbons (Fsp3) is 0.483. The minimum atomic E-state index is -4.77. The number of likely N-dealkylation sites (N-methyl/N-ethyl adjacent to an activating group) is 1. The Bertz CT molecular complexity index is 1270. The molecule has 1 unspecified atom stereocenters. The van der Waals surface area contributed by atoms with E-state index in [-0.39, 0.29) is 30.7 Å². The van der Waals surface area contributed by atoms with E-state index in [9.17, 15) is 36.3 Å². The van der Waals surface area contributed by atoms with Gasteiger partial charge in [0.25, 0.3) is 5.91 Å². The van der Waals surface area contributed by atoms with Crippen LogP contribution in [-0.4, -0.2) is 59.7 Å². The number of alkyl halides is 3. The quantitative estimate of drug-likeness (QED) is 0.502. The number of nitrogens with zero attached hydrogens (tertiary/aromatic N) is 2. The summed E-state index contributed by atoms with van der Waals surface area (Å²) in [6.07, 6.45) is -4.05. The van der Waals surface area contributed by atoms with E-state index in [1.54, 1.807) is 30.9 Å². The Morgan fingerprint density at radius 2 is 1.68 bits per heavy atom. The lowest BCUT2D eigenvalue weighted by atomic mass is 9.68. The zero-order valence-corrected chi connectivity index (χ0v) is 22.5. The highest BCUT2D eigenvalue weighted by atomic mass is 19.4. The van der Waals surface area contributed by atoms with Gasteiger partial charge in [-0.15, -0.1) is 0 Å². The monoisotopic (exact) mass is 565 g/mol. The molecule has 0 bridgehead atoms. The lowest BCUT2D eigenvalue weighted by molar-refractivity contribution is -0.144. The lowest BCUT2D eigenvalue weighted by Gasteiger charge is -2.42. The lowest BCUT2D eigenvalue weighted by Crippen LogP contribution is -2.55. The zero-order chi connectivity index (χ0) is 29.4. The van der Waals surface area contributed by atoms with E-state index < -0.39 is 52.3 Å². The molecule has 2 aromatic carbocycles. The highest BCUT2D eigenvalue weighted by Crippen LogP contribution is 2.50. The van der Waals surface area contributed by atoms with Crippen molar-refractivity contribution in [1.82, 2.24) is 15.1 Å². The van der Waals surface area contributed by atoms with Crippen LogP contribution in [0.25, 0.3) is 0 Å². The van der Waals surface area contributed by atoms with E-state index in [1.807, 2.05) is 6.92 Å². The highest BCUT2D eigenvalue weighted by Gasteiger charge is 2.55. The molecule has 2 aliphatic rings. The molecule has 6 nitrogen and oxygen atoms in total. The largest absolute Gasteiger partial charge is 0.416 e. The molecule has 1 N–H and O–H groups in total. The fourth-order valence-electron chi connectivity index (χ4n) is 5.83. The van der Waals surface area contributed by atoms with Gasteiger partial charge in [0.05, 0.1) is 16.5 Å². The number of carbonyl (C=O) groups excluding carboxylic acids is 3. The van der Waals surface area contributed by atoms with Crippen LogP contribution in [-0.2, 0) is 15.8 Å². The molecule has 4 rings (SSSR count). The summed E-state index contributed by atoms with van der Waals surface area (Å²) in [5, 5.41) is 2.43. The van der Waals surface area contributed by atoms with Crippen molar-refractivity contribution in [2.45, 2.75) is 51.7 Å². The minimum Gasteiger partial charge on any atom is -0.342 e. The van der Waals surface area contributed by atoms with Gasteiger partial charge in [0, 0.05) is 32.1 Å². The topological polar surface area (TPSA) is 69.7 Å². The Hall–Kier alpha value is -3.50. The van der Waals surface area contributed by atoms with Crippen LogP contribution in [0.1, 0.15) is 61.0 Å². The van der Waals surface area contributed by atoms with Crippen molar-refractivity contribution >= 4 is 17.7 Å². The number of carbonyl (C=O) groups is 3. The summed E-state index contributed by atoms with van der Waals surface area (Å²) in [6.45, 7) is 6.67. The molecule has 2 aromatic rings. The maximum Gasteiger partial charge on any atom is 0.416 e. The van der Waals surface area contributed by atoms with Crippen LogP contribution in [0.2, 0.25) is 0 Å². The Morgan fingerprint density at radius 3 is 2.23 bits per heavy atom. The Kier molecular flexibility index (Phi) is 8.23. The van der Waals surface area contributed by atoms with Gasteiger partial charge in [0.1, 0.15) is 17.7 Å². The molecule has 0 radical (unpaired) electrons. The van der Waals surface area contributed by atoms with Gasteiger partial charge in [0.2, 0.25) is 11.8 Å². The van der Waals surface area contributed by atoms with Crippen LogP contribution in [0.15, 0.2) is 42.5 Å². The van der Waals surface area contributed by atoms with E-state index in [0.29, 0.717) is 44.1 Å². The van der Waals surface area contributed by atoms with E-state index in [4.69, 9.17) is 0 Å². The Balaban J connectivity index is 1.51. The normalized spacial score (nSPS) is 19.8. The molecule has 0 aliphatic carbocycles. The summed E-state index contributed by atoms with van der Waals surface area (Å²) in [7, 11) is 0. The molecular weight excluding hydrogens is 533 g/mol. The van der Waals surface area contributed by atoms with Gasteiger partial charge in [-0.3, -0.25) is 14.4 Å². The van der Waals surface area contributed by atoms with Gasteiger partial charge in [0.15, 0.2) is 0 Å². The molecule has 0 saturated carbocycles. The Labute approximate surface area is 229 Å². The van der Waals surface area contributed by atoms with Crippen molar-refractivity contribution in [2.75, 3.05) is 26.2 Å². The molecule has 2 fully saturated rings. The van der Waals surface area contributed by atoms with Crippen molar-refractivity contribution < 1.29 is 36.3 Å². The summed E-state index contributed by atoms with van der Waals surface area (Å²) in [6, 6.07) is 6.53. The SMILES string of the molecule is CCN1CC(c2ccc(F)cc2)C2(CCN(C(=O)[C@H](NC(=O)c3cc(C(F)(F)F)ccc3F)C(C)C)CC2)C1=O. The number of halogens is 5. The second-order valence-electron chi connectivity index (χ2n) is 10.8. The van der Waals surface area contributed by atoms with Crippen molar-refractivity contribution in [1.29, 1.82) is 0 Å². The van der Waals surface area contributed by atoms with Gasteiger partial charge in [-0.1, -0.05) is 26.0 Å². The molecule has 2 atom stereocenters. The summed E-state index contributed by atoms with van der Waals surface area (Å²) in [5.41, 5.74) is -1.89. The average Bonchev–Trinajstić information content (AvgIpc) is 3.17. The molecule has 2 heterocycles. The van der Waals surface area contributed by atoms with Crippen molar-refractivity contribution in [3.63, 3.8) is 0 Å². The van der Waals surface area contributed by atoms with Crippen LogP contribution >= 0.6 is 0 Å². The number of hydrogen-bond donors (Lipinski definition) is 1. The van der Waals surface area contributed by atoms with Gasteiger partial charge < -0.3 is 15.1 Å². The first-order valence-corrected chi connectivity index (χ1v) is 13.3. The van der Waals surface area contributed by atoms with Crippen molar-refractivity contribution in [3.8, 4) is 0 Å². The fourth-order valence-corrected chi connectivity index (χ4v) is 5.83. The summed E-state index contributed by atoms with van der Waals surface area (Å²) in [4.78, 5) is 43.1. The number of rotatable bonds is 6. The van der Waals surface area contributed by atoms with Crippen LogP contribution in [0.5, 0.6) is 0 Å².